The van der Waals surface area contributed by atoms with Crippen LogP contribution in [0.15, 0.2) is 79.1 Å². The third-order valence-electron chi connectivity index (χ3n) is 5.33. The molecule has 0 saturated heterocycles. The largest absolute Gasteiger partial charge is 2.00 e. The minimum atomic E-state index is -1.81. The number of carboxylic acids is 2. The summed E-state index contributed by atoms with van der Waals surface area (Å²) in [7, 11) is 0. The van der Waals surface area contributed by atoms with E-state index in [1.54, 1.807) is 24.3 Å². The Labute approximate surface area is 219 Å². The molecule has 2 aromatic heterocycles. The van der Waals surface area contributed by atoms with Crippen LogP contribution in [-0.2, 0) is 30.7 Å². The van der Waals surface area contributed by atoms with Gasteiger partial charge in [0.05, 0.1) is 11.9 Å². The van der Waals surface area contributed by atoms with Gasteiger partial charge in [-0.3, -0.25) is 0 Å². The quantitative estimate of drug-likeness (QED) is 0.233. The van der Waals surface area contributed by atoms with Gasteiger partial charge in [-0.2, -0.15) is 0 Å². The molecule has 0 aliphatic heterocycles. The predicted molar refractivity (Wildman–Crippen MR) is 127 cm³/mol. The van der Waals surface area contributed by atoms with Gasteiger partial charge in [0.1, 0.15) is 22.5 Å². The summed E-state index contributed by atoms with van der Waals surface area (Å²) < 4.78 is 9.82. The number of fused-ring (bicyclic) bond motifs is 2. The summed E-state index contributed by atoms with van der Waals surface area (Å²) in [4.78, 5) is 42.7. The van der Waals surface area contributed by atoms with Crippen LogP contribution in [0.4, 0.5) is 11.4 Å². The second-order valence-corrected chi connectivity index (χ2v) is 7.42. The number of carbonyl (C=O) groups excluding carboxylic acids is 2. The molecule has 10 nitrogen and oxygen atoms in total. The molecule has 0 aliphatic carbocycles. The van der Waals surface area contributed by atoms with E-state index in [-0.39, 0.29) is 45.3 Å². The van der Waals surface area contributed by atoms with Crippen molar-refractivity contribution in [2.45, 2.75) is 26.7 Å². The Hall–Kier alpha value is -3.91. The zero-order valence-electron chi connectivity index (χ0n) is 19.4. The Morgan fingerprint density at radius 3 is 1.36 bits per heavy atom. The molecule has 2 aromatic carbocycles. The molecule has 0 aliphatic rings. The Kier molecular flexibility index (Phi) is 11.1. The Balaban J connectivity index is 0.000000267. The van der Waals surface area contributed by atoms with Crippen molar-refractivity contribution >= 4 is 45.3 Å². The fraction of sp³-hybridized carbons (Fsp3) is 0.200. The van der Waals surface area contributed by atoms with E-state index in [4.69, 9.17) is 20.3 Å². The maximum atomic E-state index is 10.9. The molecular formula is C25H24N2O8Pt. The molecular weight excluding hydrogens is 651 g/mol. The first kappa shape index (κ1) is 30.1. The average molecular weight is 676 g/mol. The van der Waals surface area contributed by atoms with Crippen LogP contribution in [0.1, 0.15) is 26.7 Å². The van der Waals surface area contributed by atoms with Crippen LogP contribution < -0.4 is 32.9 Å². The van der Waals surface area contributed by atoms with E-state index >= 15 is 0 Å². The summed E-state index contributed by atoms with van der Waals surface area (Å²) in [6, 6.07) is 17.7. The number of nitrogen functional groups attached to an aromatic ring is 2. The number of anilines is 2. The van der Waals surface area contributed by atoms with Crippen molar-refractivity contribution in [3.05, 3.63) is 81.5 Å². The second kappa shape index (κ2) is 13.2. The molecule has 36 heavy (non-hydrogen) atoms. The van der Waals surface area contributed by atoms with Crippen molar-refractivity contribution in [3.8, 4) is 0 Å². The number of rotatable bonds is 4. The SMILES string of the molecule is CCC(CC)(C(=O)[O-])C(=O)[O-].Nc1cc2ccccc2oc1=O.Nc1cc2ccccc2oc1=O.[Pt+2]. The van der Waals surface area contributed by atoms with Gasteiger partial charge in [0.15, 0.2) is 0 Å². The third kappa shape index (κ3) is 7.05. The fourth-order valence-corrected chi connectivity index (χ4v) is 3.07. The van der Waals surface area contributed by atoms with Gasteiger partial charge in [0, 0.05) is 16.2 Å². The van der Waals surface area contributed by atoms with Crippen LogP contribution in [0.25, 0.3) is 21.9 Å². The number of hydrogen-bond acceptors (Lipinski definition) is 10. The summed E-state index contributed by atoms with van der Waals surface area (Å²) in [6.07, 6.45) is -0.0116. The van der Waals surface area contributed by atoms with Gasteiger partial charge in [-0.25, -0.2) is 9.59 Å². The van der Waals surface area contributed by atoms with E-state index in [9.17, 15) is 29.4 Å². The topological polar surface area (TPSA) is 193 Å². The minimum absolute atomic E-state index is 0. The minimum Gasteiger partial charge on any atom is -0.549 e. The zero-order chi connectivity index (χ0) is 26.2. The average Bonchev–Trinajstić information content (AvgIpc) is 2.82. The molecule has 0 radical (unpaired) electrons. The Bertz CT molecular complexity index is 1350. The normalized spacial score (nSPS) is 10.3. The number of benzene rings is 2. The van der Waals surface area contributed by atoms with Gasteiger partial charge in [0.25, 0.3) is 0 Å². The van der Waals surface area contributed by atoms with Crippen molar-refractivity contribution in [1.29, 1.82) is 0 Å². The van der Waals surface area contributed by atoms with Gasteiger partial charge in [-0.1, -0.05) is 50.2 Å². The van der Waals surface area contributed by atoms with Crippen molar-refractivity contribution in [2.24, 2.45) is 5.41 Å². The fourth-order valence-electron chi connectivity index (χ4n) is 3.07. The summed E-state index contributed by atoms with van der Waals surface area (Å²) in [5.41, 5.74) is 9.42. The molecule has 192 valence electrons. The van der Waals surface area contributed by atoms with Crippen LogP contribution in [0.3, 0.4) is 0 Å². The molecule has 4 aromatic rings. The summed E-state index contributed by atoms with van der Waals surface area (Å²) >= 11 is 0. The van der Waals surface area contributed by atoms with Gasteiger partial charge < -0.3 is 40.1 Å². The van der Waals surface area contributed by atoms with Gasteiger partial charge in [-0.05, 0) is 37.1 Å². The van der Waals surface area contributed by atoms with E-state index < -0.39 is 28.6 Å². The van der Waals surface area contributed by atoms with Crippen LogP contribution in [0.5, 0.6) is 0 Å². The molecule has 4 N–H and O–H groups in total. The number of nitrogens with two attached hydrogens (primary N) is 2. The number of hydrogen-bond donors (Lipinski definition) is 2. The van der Waals surface area contributed by atoms with Gasteiger partial charge in [0.2, 0.25) is 0 Å². The summed E-state index contributed by atoms with van der Waals surface area (Å²) in [6.45, 7) is 2.96. The van der Waals surface area contributed by atoms with Crippen molar-refractivity contribution in [2.75, 3.05) is 11.5 Å². The van der Waals surface area contributed by atoms with Crippen LogP contribution in [0, 0.1) is 5.41 Å². The molecule has 0 saturated carbocycles. The van der Waals surface area contributed by atoms with E-state index in [1.807, 2.05) is 36.4 Å². The summed E-state index contributed by atoms with van der Waals surface area (Å²) in [5.74, 6) is -3.13. The number of para-hydroxylation sites is 2. The molecule has 0 atom stereocenters. The molecule has 0 bridgehead atoms. The molecule has 11 heteroatoms. The standard InChI is InChI=1S/2C9H7NO2.C7H12O4.Pt/c2*10-7-5-6-3-1-2-4-8(6)12-9(7)11;1-3-7(4-2,5(8)9)6(10)11;/h2*1-5H,10H2;3-4H2,1-2H3,(H,8,9)(H,10,11);/q;;;+2/p-2. The van der Waals surface area contributed by atoms with Crippen molar-refractivity contribution in [3.63, 3.8) is 0 Å². The second-order valence-electron chi connectivity index (χ2n) is 7.42. The smallest absolute Gasteiger partial charge is 0.549 e. The van der Waals surface area contributed by atoms with Crippen molar-refractivity contribution in [1.82, 2.24) is 0 Å². The van der Waals surface area contributed by atoms with Crippen LogP contribution in [0.2, 0.25) is 0 Å². The molecule has 0 unspecified atom stereocenters. The molecule has 4 rings (SSSR count). The maximum absolute atomic E-state index is 10.9. The zero-order valence-corrected chi connectivity index (χ0v) is 21.7. The first-order valence-corrected chi connectivity index (χ1v) is 10.5. The van der Waals surface area contributed by atoms with Crippen LogP contribution in [-0.4, -0.2) is 11.9 Å². The number of carboxylic acid groups (broad SMARTS) is 2. The van der Waals surface area contributed by atoms with Crippen molar-refractivity contribution < 1.29 is 49.7 Å². The number of carbonyl (C=O) groups is 2. The molecule has 2 heterocycles. The van der Waals surface area contributed by atoms with E-state index in [1.165, 1.54) is 13.8 Å². The molecule has 0 fully saturated rings. The van der Waals surface area contributed by atoms with Gasteiger partial charge in [-0.15, -0.1) is 0 Å². The number of aliphatic carboxylic acids is 2. The maximum Gasteiger partial charge on any atom is 2.00 e. The predicted octanol–water partition coefficient (Wildman–Crippen LogP) is 1.04. The molecule has 0 spiro atoms. The molecule has 0 amide bonds. The Morgan fingerprint density at radius 2 is 1.08 bits per heavy atom. The van der Waals surface area contributed by atoms with E-state index in [0.29, 0.717) is 11.2 Å². The summed E-state index contributed by atoms with van der Waals surface area (Å²) in [5, 5.41) is 22.5. The van der Waals surface area contributed by atoms with E-state index in [0.717, 1.165) is 10.8 Å². The monoisotopic (exact) mass is 675 g/mol. The third-order valence-corrected chi connectivity index (χ3v) is 5.33. The van der Waals surface area contributed by atoms with Crippen LogP contribution >= 0.6 is 0 Å². The Morgan fingerprint density at radius 1 is 0.750 bits per heavy atom. The first-order chi connectivity index (χ1) is 16.5. The first-order valence-electron chi connectivity index (χ1n) is 10.5. The van der Waals surface area contributed by atoms with E-state index in [2.05, 4.69) is 0 Å². The van der Waals surface area contributed by atoms with Gasteiger partial charge >= 0.3 is 32.3 Å².